The van der Waals surface area contributed by atoms with Crippen LogP contribution in [0.2, 0.25) is 5.02 Å². The smallest absolute Gasteiger partial charge is 0.0471 e. The molecule has 0 aliphatic carbocycles. The lowest BCUT2D eigenvalue weighted by molar-refractivity contribution is 0.661. The molecule has 0 radical (unpaired) electrons. The normalized spacial score (nSPS) is 12.6. The summed E-state index contributed by atoms with van der Waals surface area (Å²) in [5.41, 5.74) is 7.89. The van der Waals surface area contributed by atoms with Crippen LogP contribution in [-0.4, -0.2) is 13.1 Å². The van der Waals surface area contributed by atoms with E-state index in [1.807, 2.05) is 12.1 Å². The minimum absolute atomic E-state index is 0.482. The summed E-state index contributed by atoms with van der Waals surface area (Å²) in [4.78, 5) is 2.23. The Morgan fingerprint density at radius 3 is 2.67 bits per heavy atom. The molecule has 0 bridgehead atoms. The topological polar surface area (TPSA) is 29.3 Å². The minimum Gasteiger partial charge on any atom is -0.372 e. The molecule has 0 amide bonds. The molecule has 1 rings (SSSR count). The van der Waals surface area contributed by atoms with Crippen LogP contribution < -0.4 is 10.6 Å². The highest BCUT2D eigenvalue weighted by atomic mass is 35.5. The summed E-state index contributed by atoms with van der Waals surface area (Å²) in [5, 5.41) is 0.755. The van der Waals surface area contributed by atoms with Crippen LogP contribution in [-0.2, 0) is 6.54 Å². The molecule has 0 fully saturated rings. The number of benzene rings is 1. The molecule has 1 unspecified atom stereocenters. The number of anilines is 1. The van der Waals surface area contributed by atoms with Gasteiger partial charge in [-0.2, -0.15) is 0 Å². The van der Waals surface area contributed by atoms with E-state index >= 15 is 0 Å². The first-order valence-electron chi connectivity index (χ1n) is 5.32. The second-order valence-electron chi connectivity index (χ2n) is 3.81. The third kappa shape index (κ3) is 2.64. The van der Waals surface area contributed by atoms with Crippen molar-refractivity contribution in [1.82, 2.24) is 0 Å². The van der Waals surface area contributed by atoms with Crippen LogP contribution in [0, 0.1) is 0 Å². The Balaban J connectivity index is 3.07. The van der Waals surface area contributed by atoms with Gasteiger partial charge in [0.15, 0.2) is 0 Å². The predicted octanol–water partition coefficient (Wildman–Crippen LogP) is 3.03. The maximum Gasteiger partial charge on any atom is 0.0471 e. The first-order chi connectivity index (χ1) is 7.11. The van der Waals surface area contributed by atoms with Gasteiger partial charge in [0, 0.05) is 35.9 Å². The van der Waals surface area contributed by atoms with Gasteiger partial charge in [-0.3, -0.25) is 0 Å². The average molecular weight is 227 g/mol. The Morgan fingerprint density at radius 2 is 2.13 bits per heavy atom. The van der Waals surface area contributed by atoms with Crippen LogP contribution in [0.5, 0.6) is 0 Å². The monoisotopic (exact) mass is 226 g/mol. The molecule has 2 nitrogen and oxygen atoms in total. The van der Waals surface area contributed by atoms with Crippen LogP contribution >= 0.6 is 11.6 Å². The van der Waals surface area contributed by atoms with Crippen LogP contribution in [0.1, 0.15) is 25.8 Å². The lowest BCUT2D eigenvalue weighted by Crippen LogP contribution is -2.29. The van der Waals surface area contributed by atoms with E-state index in [1.165, 1.54) is 0 Å². The van der Waals surface area contributed by atoms with Crippen LogP contribution in [0.25, 0.3) is 0 Å². The first kappa shape index (κ1) is 12.3. The highest BCUT2D eigenvalue weighted by Gasteiger charge is 2.13. The van der Waals surface area contributed by atoms with E-state index in [9.17, 15) is 0 Å². The molecular weight excluding hydrogens is 208 g/mol. The third-order valence-corrected chi connectivity index (χ3v) is 3.28. The molecule has 1 aromatic carbocycles. The van der Waals surface area contributed by atoms with E-state index in [2.05, 4.69) is 31.9 Å². The maximum absolute atomic E-state index is 6.11. The second-order valence-corrected chi connectivity index (χ2v) is 4.22. The van der Waals surface area contributed by atoms with Crippen LogP contribution in [0.4, 0.5) is 5.69 Å². The highest BCUT2D eigenvalue weighted by Crippen LogP contribution is 2.27. The molecular formula is C12H19ClN2. The molecule has 1 atom stereocenters. The van der Waals surface area contributed by atoms with Crippen molar-refractivity contribution >= 4 is 17.3 Å². The van der Waals surface area contributed by atoms with Gasteiger partial charge in [-0.15, -0.1) is 0 Å². The Kier molecular flexibility index (Phi) is 4.43. The Morgan fingerprint density at radius 1 is 1.47 bits per heavy atom. The quantitative estimate of drug-likeness (QED) is 0.855. The predicted molar refractivity (Wildman–Crippen MR) is 67.5 cm³/mol. The number of hydrogen-bond acceptors (Lipinski definition) is 2. The van der Waals surface area contributed by atoms with Crippen molar-refractivity contribution < 1.29 is 0 Å². The van der Waals surface area contributed by atoms with Gasteiger partial charge >= 0.3 is 0 Å². The van der Waals surface area contributed by atoms with Gasteiger partial charge in [0.2, 0.25) is 0 Å². The fourth-order valence-corrected chi connectivity index (χ4v) is 1.84. The van der Waals surface area contributed by atoms with Crippen molar-refractivity contribution in [3.63, 3.8) is 0 Å². The fraction of sp³-hybridized carbons (Fsp3) is 0.500. The fourth-order valence-electron chi connectivity index (χ4n) is 1.59. The molecule has 0 aromatic heterocycles. The lowest BCUT2D eigenvalue weighted by Gasteiger charge is -2.28. The van der Waals surface area contributed by atoms with Gasteiger partial charge in [-0.05, 0) is 25.5 Å². The summed E-state index contributed by atoms with van der Waals surface area (Å²) in [5.74, 6) is 0. The standard InChI is InChI=1S/C12H19ClN2/c1-4-9(2)15(3)12-7-5-6-11(13)10(12)8-14/h5-7,9H,4,8,14H2,1-3H3. The molecule has 0 heterocycles. The third-order valence-electron chi connectivity index (χ3n) is 2.93. The molecule has 2 N–H and O–H groups in total. The molecule has 0 aliphatic heterocycles. The van der Waals surface area contributed by atoms with Gasteiger partial charge in [0.25, 0.3) is 0 Å². The first-order valence-corrected chi connectivity index (χ1v) is 5.69. The number of halogens is 1. The van der Waals surface area contributed by atoms with E-state index in [0.717, 1.165) is 22.7 Å². The van der Waals surface area contributed by atoms with Crippen molar-refractivity contribution in [2.45, 2.75) is 32.9 Å². The van der Waals surface area contributed by atoms with Gasteiger partial charge in [0.1, 0.15) is 0 Å². The Bertz CT molecular complexity index is 325. The number of nitrogens with zero attached hydrogens (tertiary/aromatic N) is 1. The molecule has 0 saturated heterocycles. The summed E-state index contributed by atoms with van der Waals surface area (Å²) in [6.07, 6.45) is 1.10. The van der Waals surface area contributed by atoms with Crippen molar-refractivity contribution in [2.75, 3.05) is 11.9 Å². The van der Waals surface area contributed by atoms with E-state index < -0.39 is 0 Å². The van der Waals surface area contributed by atoms with Gasteiger partial charge in [0.05, 0.1) is 0 Å². The van der Waals surface area contributed by atoms with Crippen LogP contribution in [0.15, 0.2) is 18.2 Å². The van der Waals surface area contributed by atoms with E-state index in [-0.39, 0.29) is 0 Å². The highest BCUT2D eigenvalue weighted by molar-refractivity contribution is 6.31. The summed E-state index contributed by atoms with van der Waals surface area (Å²) >= 11 is 6.11. The minimum atomic E-state index is 0.482. The second kappa shape index (κ2) is 5.38. The van der Waals surface area contributed by atoms with Gasteiger partial charge in [-0.25, -0.2) is 0 Å². The Hall–Kier alpha value is -0.730. The SMILES string of the molecule is CCC(C)N(C)c1cccc(Cl)c1CN. The van der Waals surface area contributed by atoms with E-state index in [1.54, 1.807) is 0 Å². The summed E-state index contributed by atoms with van der Waals surface area (Å²) < 4.78 is 0. The molecule has 0 saturated carbocycles. The van der Waals surface area contributed by atoms with E-state index in [0.29, 0.717) is 12.6 Å². The zero-order valence-corrected chi connectivity index (χ0v) is 10.4. The average Bonchev–Trinajstić information content (AvgIpc) is 2.26. The summed E-state index contributed by atoms with van der Waals surface area (Å²) in [6.45, 7) is 4.85. The zero-order chi connectivity index (χ0) is 11.4. The molecule has 15 heavy (non-hydrogen) atoms. The number of nitrogens with two attached hydrogens (primary N) is 1. The molecule has 1 aromatic rings. The zero-order valence-electron chi connectivity index (χ0n) is 9.63. The number of hydrogen-bond donors (Lipinski definition) is 1. The molecule has 84 valence electrons. The van der Waals surface area contributed by atoms with Crippen molar-refractivity contribution in [3.05, 3.63) is 28.8 Å². The van der Waals surface area contributed by atoms with Crippen molar-refractivity contribution in [2.24, 2.45) is 5.73 Å². The number of rotatable bonds is 4. The van der Waals surface area contributed by atoms with Crippen molar-refractivity contribution in [1.29, 1.82) is 0 Å². The van der Waals surface area contributed by atoms with E-state index in [4.69, 9.17) is 17.3 Å². The maximum atomic E-state index is 6.11. The molecule has 3 heteroatoms. The van der Waals surface area contributed by atoms with Gasteiger partial charge < -0.3 is 10.6 Å². The largest absolute Gasteiger partial charge is 0.372 e. The molecule has 0 aliphatic rings. The van der Waals surface area contributed by atoms with Crippen LogP contribution in [0.3, 0.4) is 0 Å². The van der Waals surface area contributed by atoms with Gasteiger partial charge in [-0.1, -0.05) is 24.6 Å². The lowest BCUT2D eigenvalue weighted by atomic mass is 10.1. The summed E-state index contributed by atoms with van der Waals surface area (Å²) in [6, 6.07) is 6.42. The Labute approximate surface area is 97.0 Å². The van der Waals surface area contributed by atoms with Crippen molar-refractivity contribution in [3.8, 4) is 0 Å². The summed E-state index contributed by atoms with van der Waals surface area (Å²) in [7, 11) is 2.08. The molecule has 0 spiro atoms.